The van der Waals surface area contributed by atoms with Gasteiger partial charge in [0.05, 0.1) is 6.61 Å². The lowest BCUT2D eigenvalue weighted by atomic mass is 10.1. The molecule has 0 spiro atoms. The van der Waals surface area contributed by atoms with Gasteiger partial charge in [0.25, 0.3) is 0 Å². The van der Waals surface area contributed by atoms with Crippen molar-refractivity contribution in [3.63, 3.8) is 0 Å². The van der Waals surface area contributed by atoms with E-state index in [1.807, 2.05) is 7.05 Å². The van der Waals surface area contributed by atoms with Crippen molar-refractivity contribution in [2.24, 2.45) is 0 Å². The van der Waals surface area contributed by atoms with E-state index in [1.165, 1.54) is 25.8 Å². The van der Waals surface area contributed by atoms with Gasteiger partial charge in [-0.05, 0) is 46.1 Å². The molecule has 0 saturated carbocycles. The zero-order valence-corrected chi connectivity index (χ0v) is 9.75. The van der Waals surface area contributed by atoms with Crippen LogP contribution in [-0.2, 0) is 4.84 Å². The van der Waals surface area contributed by atoms with Crippen LogP contribution in [-0.4, -0.2) is 37.2 Å². The molecule has 1 N–H and O–H groups in total. The Labute approximate surface area is 87.8 Å². The molecular formula is C11H24N2O. The molecule has 1 heterocycles. The Morgan fingerprint density at radius 1 is 1.50 bits per heavy atom. The predicted octanol–water partition coefficient (Wildman–Crippen LogP) is 1.79. The number of hydroxylamine groups is 1. The normalized spacial score (nSPS) is 23.6. The zero-order chi connectivity index (χ0) is 10.4. The van der Waals surface area contributed by atoms with Gasteiger partial charge in [-0.25, -0.2) is 5.48 Å². The lowest BCUT2D eigenvalue weighted by Gasteiger charge is -2.28. The fourth-order valence-electron chi connectivity index (χ4n) is 2.34. The maximum absolute atomic E-state index is 5.12. The van der Waals surface area contributed by atoms with Crippen molar-refractivity contribution in [3.8, 4) is 0 Å². The summed E-state index contributed by atoms with van der Waals surface area (Å²) in [6.45, 7) is 6.71. The Hall–Kier alpha value is -0.120. The molecule has 1 aliphatic heterocycles. The van der Waals surface area contributed by atoms with Gasteiger partial charge in [0.2, 0.25) is 0 Å². The van der Waals surface area contributed by atoms with Crippen LogP contribution in [0.5, 0.6) is 0 Å². The second-order valence-corrected chi connectivity index (χ2v) is 4.32. The van der Waals surface area contributed by atoms with Crippen molar-refractivity contribution in [1.82, 2.24) is 10.4 Å². The molecule has 1 atom stereocenters. The summed E-state index contributed by atoms with van der Waals surface area (Å²) in [5, 5.41) is 0. The maximum Gasteiger partial charge on any atom is 0.0682 e. The van der Waals surface area contributed by atoms with E-state index in [1.54, 1.807) is 0 Å². The van der Waals surface area contributed by atoms with E-state index in [-0.39, 0.29) is 0 Å². The number of hydrogen-bond acceptors (Lipinski definition) is 3. The van der Waals surface area contributed by atoms with Crippen molar-refractivity contribution < 1.29 is 4.84 Å². The van der Waals surface area contributed by atoms with Crippen LogP contribution in [0.4, 0.5) is 0 Å². The van der Waals surface area contributed by atoms with E-state index in [0.29, 0.717) is 6.04 Å². The van der Waals surface area contributed by atoms with Gasteiger partial charge < -0.3 is 4.84 Å². The van der Waals surface area contributed by atoms with Crippen LogP contribution in [0.15, 0.2) is 0 Å². The summed E-state index contributed by atoms with van der Waals surface area (Å²) in [6, 6.07) is 1.50. The van der Waals surface area contributed by atoms with Crippen LogP contribution in [0, 0.1) is 0 Å². The third kappa shape index (κ3) is 3.56. The molecule has 14 heavy (non-hydrogen) atoms. The van der Waals surface area contributed by atoms with Crippen LogP contribution in [0.2, 0.25) is 0 Å². The van der Waals surface area contributed by atoms with E-state index < -0.39 is 0 Å². The third-order valence-corrected chi connectivity index (χ3v) is 3.01. The topological polar surface area (TPSA) is 24.5 Å². The molecule has 0 aromatic rings. The summed E-state index contributed by atoms with van der Waals surface area (Å²) in [5.74, 6) is 0. The van der Waals surface area contributed by atoms with E-state index in [0.717, 1.165) is 19.1 Å². The summed E-state index contributed by atoms with van der Waals surface area (Å²) in [7, 11) is 1.82. The first-order valence-electron chi connectivity index (χ1n) is 5.80. The highest BCUT2D eigenvalue weighted by Crippen LogP contribution is 2.23. The zero-order valence-electron chi connectivity index (χ0n) is 9.75. The van der Waals surface area contributed by atoms with Gasteiger partial charge in [0.15, 0.2) is 0 Å². The second-order valence-electron chi connectivity index (χ2n) is 4.32. The summed E-state index contributed by atoms with van der Waals surface area (Å²) in [5.41, 5.74) is 2.71. The first-order chi connectivity index (χ1) is 6.75. The van der Waals surface area contributed by atoms with Crippen LogP contribution in [0.1, 0.15) is 39.5 Å². The largest absolute Gasteiger partial charge is 0.302 e. The van der Waals surface area contributed by atoms with Gasteiger partial charge in [-0.1, -0.05) is 0 Å². The lowest BCUT2D eigenvalue weighted by molar-refractivity contribution is 0.0507. The van der Waals surface area contributed by atoms with Crippen LogP contribution >= 0.6 is 0 Å². The fraction of sp³-hybridized carbons (Fsp3) is 1.00. The van der Waals surface area contributed by atoms with Crippen molar-refractivity contribution >= 4 is 0 Å². The van der Waals surface area contributed by atoms with E-state index in [9.17, 15) is 0 Å². The lowest BCUT2D eigenvalue weighted by Crippen LogP contribution is -2.35. The minimum atomic E-state index is 0.702. The summed E-state index contributed by atoms with van der Waals surface area (Å²) >= 11 is 0. The van der Waals surface area contributed by atoms with Gasteiger partial charge >= 0.3 is 0 Å². The van der Waals surface area contributed by atoms with Gasteiger partial charge in [-0.15, -0.1) is 0 Å². The molecule has 0 aromatic carbocycles. The average molecular weight is 200 g/mol. The average Bonchev–Trinajstić information content (AvgIpc) is 2.60. The Morgan fingerprint density at radius 2 is 2.29 bits per heavy atom. The molecule has 84 valence electrons. The highest BCUT2D eigenvalue weighted by Gasteiger charge is 2.25. The Morgan fingerprint density at radius 3 is 2.93 bits per heavy atom. The van der Waals surface area contributed by atoms with Crippen LogP contribution < -0.4 is 5.48 Å². The third-order valence-electron chi connectivity index (χ3n) is 3.01. The van der Waals surface area contributed by atoms with Crippen molar-refractivity contribution in [1.29, 1.82) is 0 Å². The molecule has 1 saturated heterocycles. The molecule has 1 rings (SSSR count). The fourth-order valence-corrected chi connectivity index (χ4v) is 2.34. The van der Waals surface area contributed by atoms with Crippen molar-refractivity contribution in [2.75, 3.05) is 20.2 Å². The first kappa shape index (κ1) is 12.0. The minimum absolute atomic E-state index is 0.702. The van der Waals surface area contributed by atoms with Gasteiger partial charge in [0.1, 0.15) is 0 Å². The van der Waals surface area contributed by atoms with Crippen molar-refractivity contribution in [2.45, 2.75) is 51.6 Å². The van der Waals surface area contributed by atoms with Crippen LogP contribution in [0.3, 0.4) is 0 Å². The molecule has 0 amide bonds. The standard InChI is InChI=1S/C11H24N2O/c1-10(2)13-8-4-6-11(13)7-5-9-14-12-3/h10-12H,4-9H2,1-3H3. The Bertz CT molecular complexity index is 150. The molecule has 0 radical (unpaired) electrons. The summed E-state index contributed by atoms with van der Waals surface area (Å²) < 4.78 is 0. The SMILES string of the molecule is CNOCCCC1CCCN1C(C)C. The van der Waals surface area contributed by atoms with Crippen LogP contribution in [0.25, 0.3) is 0 Å². The van der Waals surface area contributed by atoms with E-state index in [2.05, 4.69) is 24.2 Å². The summed E-state index contributed by atoms with van der Waals surface area (Å²) in [4.78, 5) is 7.74. The molecule has 1 fully saturated rings. The van der Waals surface area contributed by atoms with Gasteiger partial charge in [-0.3, -0.25) is 4.90 Å². The van der Waals surface area contributed by atoms with Gasteiger partial charge in [-0.2, -0.15) is 0 Å². The first-order valence-corrected chi connectivity index (χ1v) is 5.80. The predicted molar refractivity (Wildman–Crippen MR) is 59.1 cm³/mol. The number of nitrogens with one attached hydrogen (secondary N) is 1. The second kappa shape index (κ2) is 6.38. The Kier molecular flexibility index (Phi) is 5.45. The summed E-state index contributed by atoms with van der Waals surface area (Å²) in [6.07, 6.45) is 5.18. The monoisotopic (exact) mass is 200 g/mol. The number of hydrogen-bond donors (Lipinski definition) is 1. The minimum Gasteiger partial charge on any atom is -0.302 e. The van der Waals surface area contributed by atoms with Gasteiger partial charge in [0, 0.05) is 19.1 Å². The molecule has 3 heteroatoms. The molecule has 1 aliphatic rings. The molecule has 0 aliphatic carbocycles. The molecule has 0 bridgehead atoms. The molecule has 1 unspecified atom stereocenters. The Balaban J connectivity index is 2.16. The quantitative estimate of drug-likeness (QED) is 0.522. The smallest absolute Gasteiger partial charge is 0.0682 e. The maximum atomic E-state index is 5.12. The van der Waals surface area contributed by atoms with E-state index >= 15 is 0 Å². The molecular weight excluding hydrogens is 176 g/mol. The number of rotatable bonds is 6. The molecule has 0 aromatic heterocycles. The number of likely N-dealkylation sites (tertiary alicyclic amines) is 1. The van der Waals surface area contributed by atoms with E-state index in [4.69, 9.17) is 4.84 Å². The highest BCUT2D eigenvalue weighted by atomic mass is 16.6. The number of nitrogens with zero attached hydrogens (tertiary/aromatic N) is 1. The van der Waals surface area contributed by atoms with Crippen molar-refractivity contribution in [3.05, 3.63) is 0 Å². The highest BCUT2D eigenvalue weighted by molar-refractivity contribution is 4.81. The molecule has 3 nitrogen and oxygen atoms in total.